The van der Waals surface area contributed by atoms with Gasteiger partial charge in [-0.25, -0.2) is 9.59 Å². The normalized spacial score (nSPS) is 10.5. The van der Waals surface area contributed by atoms with Crippen LogP contribution in [0.5, 0.6) is 0 Å². The monoisotopic (exact) mass is 292 g/mol. The number of rotatable bonds is 4. The van der Waals surface area contributed by atoms with Crippen molar-refractivity contribution >= 4 is 28.9 Å². The van der Waals surface area contributed by atoms with E-state index in [1.54, 1.807) is 23.1 Å². The first kappa shape index (κ1) is 14.5. The Balaban J connectivity index is 2.16. The molecule has 0 radical (unpaired) electrons. The Morgan fingerprint density at radius 2 is 2.00 bits per heavy atom. The Kier molecular flexibility index (Phi) is 4.68. The number of urea groups is 1. The summed E-state index contributed by atoms with van der Waals surface area (Å²) in [5, 5.41) is 0.826. The Morgan fingerprint density at radius 1 is 1.30 bits per heavy atom. The maximum absolute atomic E-state index is 11.8. The fraction of sp³-hybridized carbons (Fsp3) is 0.286. The summed E-state index contributed by atoms with van der Waals surface area (Å²) in [5.41, 5.74) is 0.0884. The number of carbonyl (C=O) groups is 1. The highest BCUT2D eigenvalue weighted by Gasteiger charge is 2.11. The number of benzene rings is 1. The topological polar surface area (TPSA) is 62.6 Å². The number of nitrogens with zero attached hydrogens (tertiary/aromatic N) is 1. The molecule has 0 saturated carbocycles. The molecule has 0 atom stereocenters. The molecule has 0 fully saturated rings. The number of para-hydroxylation sites is 1. The van der Waals surface area contributed by atoms with Crippen molar-refractivity contribution in [3.63, 3.8) is 0 Å². The lowest BCUT2D eigenvalue weighted by Crippen LogP contribution is -2.36. The number of hydrogen-bond donors (Lipinski definition) is 1. The van der Waals surface area contributed by atoms with E-state index in [0.717, 1.165) is 17.3 Å². The molecule has 20 heavy (non-hydrogen) atoms. The van der Waals surface area contributed by atoms with Gasteiger partial charge in [0.1, 0.15) is 10.5 Å². The van der Waals surface area contributed by atoms with Crippen molar-refractivity contribution < 1.29 is 9.21 Å². The van der Waals surface area contributed by atoms with E-state index in [2.05, 4.69) is 4.72 Å². The molecule has 2 aromatic rings. The van der Waals surface area contributed by atoms with Crippen molar-refractivity contribution in [2.45, 2.75) is 18.7 Å². The molecular formula is C14H16N2O3S. The van der Waals surface area contributed by atoms with Gasteiger partial charge in [0.15, 0.2) is 0 Å². The van der Waals surface area contributed by atoms with Gasteiger partial charge in [0.2, 0.25) is 0 Å². The van der Waals surface area contributed by atoms with Gasteiger partial charge < -0.3 is 9.32 Å². The lowest BCUT2D eigenvalue weighted by atomic mass is 10.2. The minimum Gasteiger partial charge on any atom is -0.422 e. The second kappa shape index (κ2) is 6.47. The number of carbonyl (C=O) groups excluding carboxylic acids is 1. The first-order chi connectivity index (χ1) is 9.65. The van der Waals surface area contributed by atoms with Crippen LogP contribution in [0.25, 0.3) is 11.0 Å². The molecule has 0 aliphatic rings. The first-order valence-electron chi connectivity index (χ1n) is 6.40. The summed E-state index contributed by atoms with van der Waals surface area (Å²) in [6.07, 6.45) is 0. The predicted octanol–water partition coefficient (Wildman–Crippen LogP) is 2.85. The number of fused-ring (bicyclic) bond motifs is 1. The predicted molar refractivity (Wildman–Crippen MR) is 79.8 cm³/mol. The fourth-order valence-corrected chi connectivity index (χ4v) is 2.43. The maximum Gasteiger partial charge on any atom is 0.351 e. The minimum atomic E-state index is -0.450. The summed E-state index contributed by atoms with van der Waals surface area (Å²) in [7, 11) is 0. The lowest BCUT2D eigenvalue weighted by Gasteiger charge is -2.18. The molecular weight excluding hydrogens is 276 g/mol. The van der Waals surface area contributed by atoms with Crippen LogP contribution >= 0.6 is 11.9 Å². The highest BCUT2D eigenvalue weighted by atomic mass is 32.2. The van der Waals surface area contributed by atoms with Gasteiger partial charge in [-0.2, -0.15) is 0 Å². The van der Waals surface area contributed by atoms with Crippen LogP contribution in [0.15, 0.2) is 44.4 Å². The molecule has 1 aromatic heterocycles. The zero-order valence-electron chi connectivity index (χ0n) is 11.4. The molecule has 1 N–H and O–H groups in total. The zero-order valence-corrected chi connectivity index (χ0v) is 12.2. The molecule has 0 saturated heterocycles. The third kappa shape index (κ3) is 3.14. The van der Waals surface area contributed by atoms with Crippen molar-refractivity contribution in [3.05, 3.63) is 40.8 Å². The second-order valence-corrected chi connectivity index (χ2v) is 4.97. The molecule has 0 aliphatic carbocycles. The van der Waals surface area contributed by atoms with Gasteiger partial charge in [-0.05, 0) is 37.9 Å². The van der Waals surface area contributed by atoms with E-state index < -0.39 is 5.63 Å². The van der Waals surface area contributed by atoms with Gasteiger partial charge in [-0.1, -0.05) is 18.2 Å². The van der Waals surface area contributed by atoms with Crippen molar-refractivity contribution in [2.24, 2.45) is 0 Å². The smallest absolute Gasteiger partial charge is 0.351 e. The lowest BCUT2D eigenvalue weighted by molar-refractivity contribution is 0.210. The van der Waals surface area contributed by atoms with Gasteiger partial charge in [-0.15, -0.1) is 0 Å². The Hall–Kier alpha value is -1.95. The maximum atomic E-state index is 11.8. The summed E-state index contributed by atoms with van der Waals surface area (Å²) in [4.78, 5) is 25.6. The average molecular weight is 292 g/mol. The quantitative estimate of drug-likeness (QED) is 0.695. The van der Waals surface area contributed by atoms with Gasteiger partial charge in [0, 0.05) is 18.5 Å². The first-order valence-corrected chi connectivity index (χ1v) is 7.22. The van der Waals surface area contributed by atoms with Crippen molar-refractivity contribution in [1.29, 1.82) is 0 Å². The van der Waals surface area contributed by atoms with Crippen LogP contribution in [-0.2, 0) is 0 Å². The summed E-state index contributed by atoms with van der Waals surface area (Å²) < 4.78 is 7.85. The molecule has 0 aliphatic heterocycles. The van der Waals surface area contributed by atoms with E-state index in [9.17, 15) is 9.59 Å². The van der Waals surface area contributed by atoms with E-state index in [4.69, 9.17) is 4.42 Å². The van der Waals surface area contributed by atoms with Crippen molar-refractivity contribution in [1.82, 2.24) is 9.62 Å². The summed E-state index contributed by atoms with van der Waals surface area (Å²) in [5.74, 6) is 0. The molecule has 1 aromatic carbocycles. The van der Waals surface area contributed by atoms with Gasteiger partial charge in [-0.3, -0.25) is 4.72 Å². The molecule has 2 amide bonds. The number of nitrogens with one attached hydrogen (secondary N) is 1. The molecule has 0 bridgehead atoms. The second-order valence-electron chi connectivity index (χ2n) is 4.12. The minimum absolute atomic E-state index is 0.215. The summed E-state index contributed by atoms with van der Waals surface area (Å²) >= 11 is 0.982. The van der Waals surface area contributed by atoms with Gasteiger partial charge >= 0.3 is 11.7 Å². The van der Waals surface area contributed by atoms with Gasteiger partial charge in [0.05, 0.1) is 0 Å². The van der Waals surface area contributed by atoms with E-state index in [0.29, 0.717) is 23.6 Å². The third-order valence-corrected chi connectivity index (χ3v) is 3.69. The molecule has 2 rings (SSSR count). The van der Waals surface area contributed by atoms with Crippen LogP contribution < -0.4 is 10.3 Å². The molecule has 106 valence electrons. The standard InChI is InChI=1S/C14H16N2O3S/c1-3-16(4-2)14(18)15-20-12-9-10-7-5-6-8-11(10)19-13(12)17/h5-9H,3-4H2,1-2H3,(H,15,18). The van der Waals surface area contributed by atoms with Crippen molar-refractivity contribution in [3.8, 4) is 0 Å². The molecule has 0 spiro atoms. The number of amides is 2. The highest BCUT2D eigenvalue weighted by molar-refractivity contribution is 7.98. The van der Waals surface area contributed by atoms with E-state index in [1.165, 1.54) is 0 Å². The Bertz CT molecular complexity index is 665. The van der Waals surface area contributed by atoms with E-state index in [1.807, 2.05) is 26.0 Å². The largest absolute Gasteiger partial charge is 0.422 e. The Labute approximate surface area is 121 Å². The summed E-state index contributed by atoms with van der Waals surface area (Å²) in [6.45, 7) is 5.04. The van der Waals surface area contributed by atoms with Crippen LogP contribution in [0.3, 0.4) is 0 Å². The summed E-state index contributed by atoms with van der Waals surface area (Å²) in [6, 6.07) is 8.76. The molecule has 1 heterocycles. The van der Waals surface area contributed by atoms with Crippen LogP contribution in [0, 0.1) is 0 Å². The highest BCUT2D eigenvalue weighted by Crippen LogP contribution is 2.18. The zero-order chi connectivity index (χ0) is 14.5. The molecule has 0 unspecified atom stereocenters. The van der Waals surface area contributed by atoms with Crippen LogP contribution in [0.1, 0.15) is 13.8 Å². The van der Waals surface area contributed by atoms with Gasteiger partial charge in [0.25, 0.3) is 0 Å². The van der Waals surface area contributed by atoms with Crippen molar-refractivity contribution in [2.75, 3.05) is 13.1 Å². The molecule has 5 nitrogen and oxygen atoms in total. The van der Waals surface area contributed by atoms with E-state index in [-0.39, 0.29) is 6.03 Å². The Morgan fingerprint density at radius 3 is 2.70 bits per heavy atom. The average Bonchev–Trinajstić information content (AvgIpc) is 2.46. The van der Waals surface area contributed by atoms with Crippen LogP contribution in [0.2, 0.25) is 0 Å². The fourth-order valence-electron chi connectivity index (χ4n) is 1.79. The van der Waals surface area contributed by atoms with Crippen LogP contribution in [0.4, 0.5) is 4.79 Å². The number of hydrogen-bond acceptors (Lipinski definition) is 4. The third-order valence-electron chi connectivity index (χ3n) is 2.91. The SMILES string of the molecule is CCN(CC)C(=O)NSc1cc2ccccc2oc1=O. The molecule has 6 heteroatoms. The van der Waals surface area contributed by atoms with Crippen LogP contribution in [-0.4, -0.2) is 24.0 Å². The van der Waals surface area contributed by atoms with E-state index >= 15 is 0 Å².